The first-order chi connectivity index (χ1) is 21.0. The summed E-state index contributed by atoms with van der Waals surface area (Å²) in [5, 5.41) is 10.5. The zero-order valence-corrected chi connectivity index (χ0v) is 25.7. The number of hydrogen-bond acceptors (Lipinski definition) is 7. The lowest BCUT2D eigenvalue weighted by molar-refractivity contribution is 0.0964. The minimum Gasteiger partial charge on any atom is -0.455 e. The molecule has 0 bridgehead atoms. The number of aliphatic hydroxyl groups excluding tert-OH is 1. The zero-order valence-electron chi connectivity index (χ0n) is 24.9. The number of amides is 1. The molecule has 1 fully saturated rings. The predicted molar refractivity (Wildman–Crippen MR) is 172 cm³/mol. The monoisotopic (exact) mass is 606 g/mol. The number of carbonyl (C=O) groups is 2. The Bertz CT molecular complexity index is 1500. The van der Waals surface area contributed by atoms with E-state index in [1.807, 2.05) is 24.3 Å². The molecular formula is C34H39FN2O5S. The maximum atomic E-state index is 13.6. The summed E-state index contributed by atoms with van der Waals surface area (Å²) in [7, 11) is 2.61. The fourth-order valence-corrected chi connectivity index (χ4v) is 5.77. The molecule has 43 heavy (non-hydrogen) atoms. The van der Waals surface area contributed by atoms with Crippen molar-refractivity contribution in [2.45, 2.75) is 38.0 Å². The lowest BCUT2D eigenvalue weighted by Gasteiger charge is -2.24. The SMILES string of the molecule is CNC(=O)c1c(-c2ccc(F)cc2)oc2cc(N(CCCOCCCc3ccc(C=O)cc3)SC)c(C3CC3)cc12.CO. The lowest BCUT2D eigenvalue weighted by atomic mass is 10.0. The van der Waals surface area contributed by atoms with E-state index in [-0.39, 0.29) is 11.7 Å². The van der Waals surface area contributed by atoms with Gasteiger partial charge < -0.3 is 23.9 Å². The highest BCUT2D eigenvalue weighted by molar-refractivity contribution is 7.99. The van der Waals surface area contributed by atoms with E-state index in [9.17, 15) is 14.0 Å². The molecule has 4 aromatic rings. The predicted octanol–water partition coefficient (Wildman–Crippen LogP) is 7.02. The van der Waals surface area contributed by atoms with Crippen molar-refractivity contribution in [3.05, 3.63) is 88.7 Å². The summed E-state index contributed by atoms with van der Waals surface area (Å²) in [4.78, 5) is 23.8. The summed E-state index contributed by atoms with van der Waals surface area (Å²) in [5.74, 6) is 0.341. The molecule has 5 rings (SSSR count). The van der Waals surface area contributed by atoms with Crippen LogP contribution in [-0.4, -0.2) is 57.5 Å². The van der Waals surface area contributed by atoms with Crippen LogP contribution >= 0.6 is 11.9 Å². The molecule has 0 aliphatic heterocycles. The van der Waals surface area contributed by atoms with Crippen LogP contribution in [0.5, 0.6) is 0 Å². The van der Waals surface area contributed by atoms with Crippen molar-refractivity contribution >= 4 is 40.8 Å². The highest BCUT2D eigenvalue weighted by Gasteiger charge is 2.31. The Morgan fingerprint density at radius 3 is 2.42 bits per heavy atom. The normalized spacial score (nSPS) is 12.5. The van der Waals surface area contributed by atoms with Gasteiger partial charge in [-0.1, -0.05) is 36.2 Å². The second-order valence-corrected chi connectivity index (χ2v) is 11.1. The van der Waals surface area contributed by atoms with Crippen LogP contribution in [0.2, 0.25) is 0 Å². The van der Waals surface area contributed by atoms with Gasteiger partial charge in [0, 0.05) is 62.8 Å². The quantitative estimate of drug-likeness (QED) is 0.0905. The summed E-state index contributed by atoms with van der Waals surface area (Å²) < 4.78 is 28.1. The molecule has 3 aromatic carbocycles. The smallest absolute Gasteiger partial charge is 0.255 e. The van der Waals surface area contributed by atoms with E-state index in [4.69, 9.17) is 14.3 Å². The second-order valence-electron chi connectivity index (χ2n) is 10.3. The summed E-state index contributed by atoms with van der Waals surface area (Å²) in [6, 6.07) is 17.9. The average molecular weight is 607 g/mol. The van der Waals surface area contributed by atoms with Crippen molar-refractivity contribution < 1.29 is 28.2 Å². The number of hydrogen-bond donors (Lipinski definition) is 2. The van der Waals surface area contributed by atoms with E-state index in [0.29, 0.717) is 47.2 Å². The molecule has 1 aliphatic carbocycles. The van der Waals surface area contributed by atoms with Gasteiger partial charge in [0.1, 0.15) is 23.4 Å². The topological polar surface area (TPSA) is 92.0 Å². The molecule has 1 aliphatic rings. The van der Waals surface area contributed by atoms with Gasteiger partial charge >= 0.3 is 0 Å². The molecule has 228 valence electrons. The maximum Gasteiger partial charge on any atom is 0.255 e. The number of halogens is 1. The van der Waals surface area contributed by atoms with E-state index in [2.05, 4.69) is 28.0 Å². The standard InChI is InChI=1S/C33H35FN2O4S.CH4O/c1-35-33(38)31-28-19-27(24-10-11-24)29(20-30(28)40-32(31)25-12-14-26(34)15-13-25)36(41-2)16-4-18-39-17-3-5-22-6-8-23(21-37)9-7-22;1-2/h6-9,12-15,19-21,24H,3-5,10-11,16-18H2,1-2H3,(H,35,38);2H,1H3. The van der Waals surface area contributed by atoms with Gasteiger partial charge in [-0.15, -0.1) is 0 Å². The molecule has 0 spiro atoms. The van der Waals surface area contributed by atoms with Gasteiger partial charge in [-0.2, -0.15) is 0 Å². The molecule has 9 heteroatoms. The molecule has 7 nitrogen and oxygen atoms in total. The summed E-state index contributed by atoms with van der Waals surface area (Å²) in [6.45, 7) is 2.17. The fourth-order valence-electron chi connectivity index (χ4n) is 5.10. The summed E-state index contributed by atoms with van der Waals surface area (Å²) >= 11 is 1.67. The number of aliphatic hydroxyl groups is 1. The van der Waals surface area contributed by atoms with E-state index in [1.54, 1.807) is 31.1 Å². The minimum absolute atomic E-state index is 0.227. The van der Waals surface area contributed by atoms with Crippen molar-refractivity contribution in [1.82, 2.24) is 5.32 Å². The first-order valence-electron chi connectivity index (χ1n) is 14.5. The van der Waals surface area contributed by atoms with Gasteiger partial charge in [-0.3, -0.25) is 9.59 Å². The van der Waals surface area contributed by atoms with Crippen LogP contribution in [0.25, 0.3) is 22.3 Å². The highest BCUT2D eigenvalue weighted by Crippen LogP contribution is 2.48. The molecule has 1 amide bonds. The number of nitrogens with one attached hydrogen (secondary N) is 1. The Balaban J connectivity index is 0.00000207. The molecule has 0 saturated heterocycles. The van der Waals surface area contributed by atoms with E-state index in [0.717, 1.165) is 63.1 Å². The van der Waals surface area contributed by atoms with Gasteiger partial charge in [-0.05, 0) is 79.5 Å². The Hall–Kier alpha value is -3.66. The first-order valence-corrected chi connectivity index (χ1v) is 15.7. The highest BCUT2D eigenvalue weighted by atomic mass is 32.2. The van der Waals surface area contributed by atoms with Crippen LogP contribution in [0.1, 0.15) is 63.4 Å². The number of benzene rings is 3. The lowest BCUT2D eigenvalue weighted by Crippen LogP contribution is -2.19. The van der Waals surface area contributed by atoms with Gasteiger partial charge in [0.05, 0.1) is 11.3 Å². The van der Waals surface area contributed by atoms with Crippen LogP contribution in [0.4, 0.5) is 10.1 Å². The number of aryl methyl sites for hydroxylation is 1. The molecule has 1 saturated carbocycles. The number of fused-ring (bicyclic) bond motifs is 1. The molecule has 2 N–H and O–H groups in total. The van der Waals surface area contributed by atoms with E-state index >= 15 is 0 Å². The van der Waals surface area contributed by atoms with Crippen molar-refractivity contribution in [1.29, 1.82) is 0 Å². The maximum absolute atomic E-state index is 13.6. The van der Waals surface area contributed by atoms with Crippen LogP contribution < -0.4 is 9.62 Å². The minimum atomic E-state index is -0.338. The number of aldehydes is 1. The van der Waals surface area contributed by atoms with Crippen molar-refractivity contribution in [3.63, 3.8) is 0 Å². The van der Waals surface area contributed by atoms with Gasteiger partial charge in [-0.25, -0.2) is 4.39 Å². The van der Waals surface area contributed by atoms with Gasteiger partial charge in [0.2, 0.25) is 0 Å². The van der Waals surface area contributed by atoms with E-state index in [1.165, 1.54) is 23.3 Å². The number of ether oxygens (including phenoxy) is 1. The third-order valence-corrected chi connectivity index (χ3v) is 8.24. The molecule has 1 heterocycles. The van der Waals surface area contributed by atoms with Gasteiger partial charge in [0.25, 0.3) is 5.91 Å². The Morgan fingerprint density at radius 2 is 1.79 bits per heavy atom. The number of rotatable bonds is 14. The van der Waals surface area contributed by atoms with Gasteiger partial charge in [0.15, 0.2) is 0 Å². The average Bonchev–Trinajstić information content (AvgIpc) is 3.83. The second kappa shape index (κ2) is 15.7. The van der Waals surface area contributed by atoms with Crippen molar-refractivity contribution in [2.24, 2.45) is 0 Å². The molecule has 0 unspecified atom stereocenters. The number of carbonyl (C=O) groups excluding carboxylic acids is 2. The third-order valence-electron chi connectivity index (χ3n) is 7.42. The molecule has 0 radical (unpaired) electrons. The molecular weight excluding hydrogens is 567 g/mol. The van der Waals surface area contributed by atoms with Crippen LogP contribution in [-0.2, 0) is 11.2 Å². The first kappa shape index (κ1) is 32.3. The summed E-state index contributed by atoms with van der Waals surface area (Å²) in [5.41, 5.74) is 6.01. The summed E-state index contributed by atoms with van der Waals surface area (Å²) in [6.07, 6.45) is 7.90. The third kappa shape index (κ3) is 8.04. The van der Waals surface area contributed by atoms with E-state index < -0.39 is 0 Å². The molecule has 1 aromatic heterocycles. The fraction of sp³-hybridized carbons (Fsp3) is 0.353. The number of anilines is 1. The van der Waals surface area contributed by atoms with Crippen molar-refractivity contribution in [3.8, 4) is 11.3 Å². The van der Waals surface area contributed by atoms with Crippen molar-refractivity contribution in [2.75, 3.05) is 44.5 Å². The Morgan fingerprint density at radius 1 is 1.09 bits per heavy atom. The number of furan rings is 1. The Kier molecular flexibility index (Phi) is 11.8. The van der Waals surface area contributed by atoms with Crippen LogP contribution in [0.3, 0.4) is 0 Å². The number of nitrogens with zero attached hydrogens (tertiary/aromatic N) is 1. The van der Waals surface area contributed by atoms with Crippen LogP contribution in [0, 0.1) is 5.82 Å². The molecule has 0 atom stereocenters. The van der Waals surface area contributed by atoms with Crippen LogP contribution in [0.15, 0.2) is 65.1 Å². The Labute approximate surface area is 256 Å². The zero-order chi connectivity index (χ0) is 30.8. The largest absolute Gasteiger partial charge is 0.455 e.